The molecule has 0 saturated heterocycles. The van der Waals surface area contributed by atoms with E-state index in [2.05, 4.69) is 15.8 Å². The zero-order valence-corrected chi connectivity index (χ0v) is 17.8. The number of hydrogen-bond donors (Lipinski definition) is 3. The van der Waals surface area contributed by atoms with Gasteiger partial charge in [-0.15, -0.1) is 0 Å². The van der Waals surface area contributed by atoms with Crippen LogP contribution in [0.1, 0.15) is 55.8 Å². The van der Waals surface area contributed by atoms with Crippen LogP contribution in [0, 0.1) is 23.7 Å². The van der Waals surface area contributed by atoms with E-state index in [9.17, 15) is 14.7 Å². The van der Waals surface area contributed by atoms with E-state index >= 15 is 0 Å². The first-order valence-corrected chi connectivity index (χ1v) is 11.3. The molecule has 0 aliphatic heterocycles. The van der Waals surface area contributed by atoms with Crippen molar-refractivity contribution in [2.24, 2.45) is 28.8 Å². The number of nitrogens with one attached hydrogen (secondary N) is 2. The van der Waals surface area contributed by atoms with Gasteiger partial charge in [0.05, 0.1) is 12.0 Å². The quantitative estimate of drug-likeness (QED) is 0.506. The molecular formula is C25H29N3O3. The Morgan fingerprint density at radius 1 is 1.00 bits per heavy atom. The van der Waals surface area contributed by atoms with E-state index in [1.54, 1.807) is 25.1 Å². The minimum atomic E-state index is -0.496. The molecule has 162 valence electrons. The summed E-state index contributed by atoms with van der Waals surface area (Å²) in [5, 5.41) is 19.3. The van der Waals surface area contributed by atoms with Crippen LogP contribution in [0.5, 0.6) is 5.75 Å². The number of benzene rings is 2. The lowest BCUT2D eigenvalue weighted by molar-refractivity contribution is -0.123. The average Bonchev–Trinajstić information content (AvgIpc) is 2.74. The van der Waals surface area contributed by atoms with Gasteiger partial charge in [0.2, 0.25) is 5.91 Å². The molecular weight excluding hydrogens is 390 g/mol. The summed E-state index contributed by atoms with van der Waals surface area (Å²) in [4.78, 5) is 25.1. The highest BCUT2D eigenvalue weighted by Crippen LogP contribution is 2.53. The van der Waals surface area contributed by atoms with Crippen molar-refractivity contribution in [3.05, 3.63) is 42.0 Å². The number of carbonyl (C=O) groups is 2. The van der Waals surface area contributed by atoms with Crippen molar-refractivity contribution in [3.63, 3.8) is 0 Å². The molecule has 3 N–H and O–H groups in total. The molecule has 2 aromatic carbocycles. The van der Waals surface area contributed by atoms with Gasteiger partial charge in [-0.25, -0.2) is 5.43 Å². The van der Waals surface area contributed by atoms with Crippen LogP contribution in [0.3, 0.4) is 0 Å². The third-order valence-corrected chi connectivity index (χ3v) is 7.46. The lowest BCUT2D eigenvalue weighted by Gasteiger charge is -2.54. The van der Waals surface area contributed by atoms with E-state index in [0.29, 0.717) is 29.0 Å². The van der Waals surface area contributed by atoms with Crippen molar-refractivity contribution in [2.45, 2.75) is 51.5 Å². The number of nitrogens with zero attached hydrogens (tertiary/aromatic N) is 1. The molecule has 0 aromatic heterocycles. The Bertz CT molecular complexity index is 1030. The Kier molecular flexibility index (Phi) is 5.16. The van der Waals surface area contributed by atoms with Gasteiger partial charge in [-0.05, 0) is 74.2 Å². The van der Waals surface area contributed by atoms with Crippen molar-refractivity contribution >= 4 is 28.3 Å². The fraction of sp³-hybridized carbons (Fsp3) is 0.480. The Hall–Kier alpha value is -2.89. The smallest absolute Gasteiger partial charge is 0.275 e. The minimum absolute atomic E-state index is 0.0264. The third kappa shape index (κ3) is 3.91. The molecule has 6 heteroatoms. The van der Waals surface area contributed by atoms with Crippen molar-refractivity contribution in [1.29, 1.82) is 0 Å². The summed E-state index contributed by atoms with van der Waals surface area (Å²) in [7, 11) is 0. The Balaban J connectivity index is 1.18. The van der Waals surface area contributed by atoms with Crippen LogP contribution in [0.2, 0.25) is 0 Å². The molecule has 0 spiro atoms. The number of rotatable bonds is 5. The van der Waals surface area contributed by atoms with Gasteiger partial charge < -0.3 is 10.4 Å². The minimum Gasteiger partial charge on any atom is -0.506 e. The summed E-state index contributed by atoms with van der Waals surface area (Å²) in [5.74, 6) is 2.43. The average molecular weight is 420 g/mol. The van der Waals surface area contributed by atoms with E-state index in [0.717, 1.165) is 17.2 Å². The van der Waals surface area contributed by atoms with Crippen LogP contribution in [0.25, 0.3) is 10.8 Å². The maximum Gasteiger partial charge on any atom is 0.275 e. The first kappa shape index (κ1) is 20.0. The van der Waals surface area contributed by atoms with E-state index in [-0.39, 0.29) is 23.6 Å². The summed E-state index contributed by atoms with van der Waals surface area (Å²) in [5.41, 5.74) is 3.17. The third-order valence-electron chi connectivity index (χ3n) is 7.46. The van der Waals surface area contributed by atoms with Crippen molar-refractivity contribution in [2.75, 3.05) is 0 Å². The van der Waals surface area contributed by atoms with Crippen LogP contribution >= 0.6 is 0 Å². The van der Waals surface area contributed by atoms with E-state index in [4.69, 9.17) is 0 Å². The topological polar surface area (TPSA) is 90.8 Å². The van der Waals surface area contributed by atoms with Gasteiger partial charge >= 0.3 is 0 Å². The standard InChI is InChI=1S/C25H29N3O3/c1-14(8-22(29)26-23-18-10-15-9-16(12-18)13-19(23)11-15)27-28-25(31)21-7-6-17-4-2-3-5-20(17)24(21)30/h2-7,15-16,18-19,23,30H,8-13H2,1H3,(H,26,29)(H,28,31)/b27-14-. The number of phenols is 1. The van der Waals surface area contributed by atoms with E-state index in [1.807, 2.05) is 18.2 Å². The Labute approximate surface area is 182 Å². The molecule has 0 heterocycles. The number of aromatic hydroxyl groups is 1. The number of amides is 2. The van der Waals surface area contributed by atoms with Crippen LogP contribution in [0.15, 0.2) is 41.5 Å². The molecule has 0 unspecified atom stereocenters. The lowest BCUT2D eigenvalue weighted by atomic mass is 9.54. The van der Waals surface area contributed by atoms with E-state index in [1.165, 1.54) is 32.1 Å². The predicted molar refractivity (Wildman–Crippen MR) is 120 cm³/mol. The van der Waals surface area contributed by atoms with Gasteiger partial charge in [0, 0.05) is 17.1 Å². The first-order chi connectivity index (χ1) is 15.0. The summed E-state index contributed by atoms with van der Waals surface area (Å²) in [6.45, 7) is 1.73. The molecule has 6 rings (SSSR count). The fourth-order valence-electron chi connectivity index (χ4n) is 6.31. The van der Waals surface area contributed by atoms with Gasteiger partial charge in [-0.1, -0.05) is 30.3 Å². The molecule has 4 aliphatic carbocycles. The lowest BCUT2D eigenvalue weighted by Crippen LogP contribution is -2.56. The fourth-order valence-corrected chi connectivity index (χ4v) is 6.31. The summed E-state index contributed by atoms with van der Waals surface area (Å²) < 4.78 is 0. The SMILES string of the molecule is C/C(CC(=O)NC1C2CC3CC(C2)CC1C3)=N/NC(=O)c1ccc2ccccc2c1O. The second-order valence-corrected chi connectivity index (χ2v) is 9.67. The highest BCUT2D eigenvalue weighted by molar-refractivity contribution is 6.05. The number of fused-ring (bicyclic) bond motifs is 1. The van der Waals surface area contributed by atoms with Crippen LogP contribution in [-0.2, 0) is 4.79 Å². The Morgan fingerprint density at radius 2 is 1.68 bits per heavy atom. The monoisotopic (exact) mass is 419 g/mol. The highest BCUT2D eigenvalue weighted by Gasteiger charge is 2.48. The number of hydrogen-bond acceptors (Lipinski definition) is 4. The van der Waals surface area contributed by atoms with Crippen LogP contribution in [0.4, 0.5) is 0 Å². The Morgan fingerprint density at radius 3 is 2.39 bits per heavy atom. The molecule has 4 saturated carbocycles. The molecule has 4 aliphatic rings. The van der Waals surface area contributed by atoms with Gasteiger partial charge in [0.1, 0.15) is 5.75 Å². The van der Waals surface area contributed by atoms with Crippen LogP contribution < -0.4 is 10.7 Å². The van der Waals surface area contributed by atoms with Crippen LogP contribution in [-0.4, -0.2) is 28.7 Å². The van der Waals surface area contributed by atoms with Gasteiger partial charge in [-0.3, -0.25) is 9.59 Å². The predicted octanol–water partition coefficient (Wildman–Crippen LogP) is 3.98. The second kappa shape index (κ2) is 7.98. The van der Waals surface area contributed by atoms with Gasteiger partial charge in [0.15, 0.2) is 0 Å². The molecule has 4 bridgehead atoms. The number of phenolic OH excluding ortho intramolecular Hbond substituents is 1. The molecule has 0 radical (unpaired) electrons. The molecule has 0 atom stereocenters. The summed E-state index contributed by atoms with van der Waals surface area (Å²) >= 11 is 0. The maximum absolute atomic E-state index is 12.6. The maximum atomic E-state index is 12.6. The zero-order valence-electron chi connectivity index (χ0n) is 17.8. The molecule has 6 nitrogen and oxygen atoms in total. The molecule has 2 amide bonds. The van der Waals surface area contributed by atoms with Crippen molar-refractivity contribution in [1.82, 2.24) is 10.7 Å². The molecule has 4 fully saturated rings. The number of carbonyl (C=O) groups excluding carboxylic acids is 2. The zero-order chi connectivity index (χ0) is 21.5. The first-order valence-electron chi connectivity index (χ1n) is 11.3. The highest BCUT2D eigenvalue weighted by atomic mass is 16.3. The van der Waals surface area contributed by atoms with Gasteiger partial charge in [-0.2, -0.15) is 5.10 Å². The largest absolute Gasteiger partial charge is 0.506 e. The molecule has 2 aromatic rings. The van der Waals surface area contributed by atoms with Crippen molar-refractivity contribution in [3.8, 4) is 5.75 Å². The normalized spacial score (nSPS) is 29.2. The molecule has 31 heavy (non-hydrogen) atoms. The summed E-state index contributed by atoms with van der Waals surface area (Å²) in [6.07, 6.45) is 6.60. The number of hydrazone groups is 1. The summed E-state index contributed by atoms with van der Waals surface area (Å²) in [6, 6.07) is 11.0. The van der Waals surface area contributed by atoms with Crippen molar-refractivity contribution < 1.29 is 14.7 Å². The second-order valence-electron chi connectivity index (χ2n) is 9.67. The van der Waals surface area contributed by atoms with E-state index < -0.39 is 5.91 Å². The van der Waals surface area contributed by atoms with Gasteiger partial charge in [0.25, 0.3) is 5.91 Å².